The summed E-state index contributed by atoms with van der Waals surface area (Å²) in [7, 11) is 1.93. The summed E-state index contributed by atoms with van der Waals surface area (Å²) in [4.78, 5) is 12.8. The van der Waals surface area contributed by atoms with Crippen LogP contribution in [0.4, 0.5) is 0 Å². The van der Waals surface area contributed by atoms with Gasteiger partial charge in [-0.25, -0.2) is 0 Å². The van der Waals surface area contributed by atoms with Crippen LogP contribution in [0.2, 0.25) is 0 Å². The first-order valence-corrected chi connectivity index (χ1v) is 3.51. The highest BCUT2D eigenvalue weighted by Gasteiger charge is 2.11. The van der Waals surface area contributed by atoms with Gasteiger partial charge in [-0.3, -0.25) is 4.79 Å². The number of hydrogen-bond donors (Lipinski definition) is 1. The summed E-state index contributed by atoms with van der Waals surface area (Å²) < 4.78 is 0. The molecule has 0 fully saturated rings. The Bertz CT molecular complexity index is 240. The Morgan fingerprint density at radius 3 is 2.82 bits per heavy atom. The summed E-state index contributed by atoms with van der Waals surface area (Å²) in [5, 5.41) is 0. The number of amides is 1. The van der Waals surface area contributed by atoms with Crippen molar-refractivity contribution >= 4 is 5.91 Å². The van der Waals surface area contributed by atoms with Crippen LogP contribution in [0.5, 0.6) is 0 Å². The predicted octanol–water partition coefficient (Wildman–Crippen LogP) is 0.247. The average Bonchev–Trinajstić information content (AvgIpc) is 1.94. The van der Waals surface area contributed by atoms with E-state index in [-0.39, 0.29) is 5.91 Å². The van der Waals surface area contributed by atoms with Crippen LogP contribution in [0.15, 0.2) is 23.4 Å². The summed E-state index contributed by atoms with van der Waals surface area (Å²) in [5.41, 5.74) is 6.70. The zero-order chi connectivity index (χ0) is 8.43. The fraction of sp³-hybridized carbons (Fsp3) is 0.375. The van der Waals surface area contributed by atoms with Gasteiger partial charge in [0, 0.05) is 19.3 Å². The Morgan fingerprint density at radius 1 is 1.73 bits per heavy atom. The highest BCUT2D eigenvalue weighted by atomic mass is 16.1. The third-order valence-corrected chi connectivity index (χ3v) is 1.89. The Kier molecular flexibility index (Phi) is 1.98. The van der Waals surface area contributed by atoms with Gasteiger partial charge in [0.05, 0.1) is 5.57 Å². The van der Waals surface area contributed by atoms with E-state index in [1.807, 2.05) is 24.9 Å². The van der Waals surface area contributed by atoms with E-state index in [1.165, 1.54) is 0 Å². The van der Waals surface area contributed by atoms with Gasteiger partial charge in [0.15, 0.2) is 0 Å². The maximum atomic E-state index is 10.8. The van der Waals surface area contributed by atoms with Crippen LogP contribution in [-0.2, 0) is 4.79 Å². The molecular weight excluding hydrogens is 140 g/mol. The third-order valence-electron chi connectivity index (χ3n) is 1.89. The highest BCUT2D eigenvalue weighted by molar-refractivity contribution is 5.95. The summed E-state index contributed by atoms with van der Waals surface area (Å²) in [6.07, 6.45) is 3.70. The lowest BCUT2D eigenvalue weighted by molar-refractivity contribution is -0.114. The fourth-order valence-electron chi connectivity index (χ4n) is 1.05. The van der Waals surface area contributed by atoms with Crippen molar-refractivity contribution in [3.8, 4) is 0 Å². The van der Waals surface area contributed by atoms with Crippen LogP contribution >= 0.6 is 0 Å². The highest BCUT2D eigenvalue weighted by Crippen LogP contribution is 2.13. The van der Waals surface area contributed by atoms with E-state index in [9.17, 15) is 4.79 Å². The number of nitrogens with two attached hydrogens (primary N) is 1. The molecule has 60 valence electrons. The summed E-state index contributed by atoms with van der Waals surface area (Å²) >= 11 is 0. The van der Waals surface area contributed by atoms with Gasteiger partial charge >= 0.3 is 0 Å². The Hall–Kier alpha value is -1.25. The van der Waals surface area contributed by atoms with Gasteiger partial charge in [0.2, 0.25) is 5.91 Å². The molecular formula is C8H12N2O. The molecule has 0 aromatic heterocycles. The molecule has 1 aliphatic heterocycles. The van der Waals surface area contributed by atoms with Crippen LogP contribution in [0, 0.1) is 0 Å². The number of hydrogen-bond acceptors (Lipinski definition) is 2. The van der Waals surface area contributed by atoms with E-state index >= 15 is 0 Å². The van der Waals surface area contributed by atoms with Crippen molar-refractivity contribution in [3.05, 3.63) is 23.4 Å². The van der Waals surface area contributed by atoms with E-state index in [4.69, 9.17) is 5.73 Å². The van der Waals surface area contributed by atoms with E-state index in [0.29, 0.717) is 5.57 Å². The number of carbonyl (C=O) groups is 1. The Labute approximate surface area is 66.2 Å². The van der Waals surface area contributed by atoms with E-state index < -0.39 is 0 Å². The van der Waals surface area contributed by atoms with Crippen molar-refractivity contribution in [1.29, 1.82) is 0 Å². The molecule has 1 heterocycles. The topological polar surface area (TPSA) is 46.3 Å². The molecule has 1 rings (SSSR count). The van der Waals surface area contributed by atoms with Crippen molar-refractivity contribution < 1.29 is 4.79 Å². The number of primary amides is 1. The minimum atomic E-state index is -0.356. The molecule has 11 heavy (non-hydrogen) atoms. The summed E-state index contributed by atoms with van der Waals surface area (Å²) in [5.74, 6) is -0.356. The van der Waals surface area contributed by atoms with E-state index in [1.54, 1.807) is 6.08 Å². The maximum Gasteiger partial charge on any atom is 0.250 e. The predicted molar refractivity (Wildman–Crippen MR) is 43.7 cm³/mol. The second kappa shape index (κ2) is 2.78. The monoisotopic (exact) mass is 152 g/mol. The van der Waals surface area contributed by atoms with Gasteiger partial charge in [0.1, 0.15) is 0 Å². The van der Waals surface area contributed by atoms with E-state index in [2.05, 4.69) is 0 Å². The Morgan fingerprint density at radius 2 is 2.36 bits per heavy atom. The minimum absolute atomic E-state index is 0.356. The lowest BCUT2D eigenvalue weighted by Crippen LogP contribution is -2.25. The maximum absolute atomic E-state index is 10.8. The first kappa shape index (κ1) is 7.85. The molecule has 0 saturated heterocycles. The molecule has 0 atom stereocenters. The zero-order valence-electron chi connectivity index (χ0n) is 6.79. The number of allylic oxidation sites excluding steroid dienone is 1. The normalized spacial score (nSPS) is 17.5. The molecule has 0 aromatic carbocycles. The molecule has 0 saturated carbocycles. The van der Waals surface area contributed by atoms with Crippen LogP contribution in [0.25, 0.3) is 0 Å². The number of likely N-dealkylation sites (N-methyl/N-ethyl adjacent to an activating group) is 1. The summed E-state index contributed by atoms with van der Waals surface area (Å²) in [6, 6.07) is 0. The third kappa shape index (κ3) is 1.42. The molecule has 0 aliphatic carbocycles. The molecule has 0 aromatic rings. The number of rotatable bonds is 1. The van der Waals surface area contributed by atoms with Crippen molar-refractivity contribution in [2.45, 2.75) is 6.92 Å². The Balaban J connectivity index is 2.98. The number of carbonyl (C=O) groups excluding carboxylic acids is 1. The van der Waals surface area contributed by atoms with Gasteiger partial charge in [0.25, 0.3) is 0 Å². The van der Waals surface area contributed by atoms with Crippen LogP contribution in [0.3, 0.4) is 0 Å². The average molecular weight is 152 g/mol. The minimum Gasteiger partial charge on any atom is -0.374 e. The lowest BCUT2D eigenvalue weighted by Gasteiger charge is -2.22. The molecule has 3 nitrogen and oxygen atoms in total. The van der Waals surface area contributed by atoms with Gasteiger partial charge in [-0.15, -0.1) is 0 Å². The van der Waals surface area contributed by atoms with Gasteiger partial charge in [-0.05, 0) is 13.0 Å². The van der Waals surface area contributed by atoms with Gasteiger partial charge < -0.3 is 10.6 Å². The fourth-order valence-corrected chi connectivity index (χ4v) is 1.05. The summed E-state index contributed by atoms with van der Waals surface area (Å²) in [6.45, 7) is 2.74. The second-order valence-corrected chi connectivity index (χ2v) is 2.65. The standard InChI is InChI=1S/C8H12N2O/c1-6-7(8(9)11)4-3-5-10(6)2/h3-4H,5H2,1-2H3,(H2,9,11). The molecule has 1 amide bonds. The van der Waals surface area contributed by atoms with Crippen molar-refractivity contribution in [1.82, 2.24) is 4.90 Å². The van der Waals surface area contributed by atoms with Gasteiger partial charge in [-0.1, -0.05) is 6.08 Å². The molecule has 0 unspecified atom stereocenters. The molecule has 0 spiro atoms. The molecule has 2 N–H and O–H groups in total. The quantitative estimate of drug-likeness (QED) is 0.585. The van der Waals surface area contributed by atoms with Crippen LogP contribution < -0.4 is 5.73 Å². The molecule has 1 aliphatic rings. The first-order valence-electron chi connectivity index (χ1n) is 3.51. The molecule has 0 radical (unpaired) electrons. The largest absolute Gasteiger partial charge is 0.374 e. The van der Waals surface area contributed by atoms with Crippen LogP contribution in [0.1, 0.15) is 6.92 Å². The first-order chi connectivity index (χ1) is 5.13. The van der Waals surface area contributed by atoms with Crippen LogP contribution in [-0.4, -0.2) is 24.4 Å². The smallest absolute Gasteiger partial charge is 0.250 e. The second-order valence-electron chi connectivity index (χ2n) is 2.65. The lowest BCUT2D eigenvalue weighted by atomic mass is 10.1. The van der Waals surface area contributed by atoms with Crippen molar-refractivity contribution in [2.24, 2.45) is 5.73 Å². The number of nitrogens with zero attached hydrogens (tertiary/aromatic N) is 1. The van der Waals surface area contributed by atoms with Crippen molar-refractivity contribution in [2.75, 3.05) is 13.6 Å². The van der Waals surface area contributed by atoms with E-state index in [0.717, 1.165) is 12.2 Å². The van der Waals surface area contributed by atoms with Crippen molar-refractivity contribution in [3.63, 3.8) is 0 Å². The molecule has 0 bridgehead atoms. The molecule has 3 heteroatoms. The van der Waals surface area contributed by atoms with Gasteiger partial charge in [-0.2, -0.15) is 0 Å². The SMILES string of the molecule is CC1=C(C(N)=O)C=CCN1C. The zero-order valence-corrected chi connectivity index (χ0v) is 6.79.